The van der Waals surface area contributed by atoms with E-state index in [2.05, 4.69) is 103 Å². The van der Waals surface area contributed by atoms with Crippen LogP contribution in [0.1, 0.15) is 91.5 Å². The van der Waals surface area contributed by atoms with E-state index in [1.54, 1.807) is 0 Å². The fourth-order valence-electron chi connectivity index (χ4n) is 5.32. The number of ketones is 1. The molecule has 0 amide bonds. The van der Waals surface area contributed by atoms with Gasteiger partial charge in [-0.25, -0.2) is 5.25 Å². The quantitative estimate of drug-likeness (QED) is 0.0394. The van der Waals surface area contributed by atoms with Gasteiger partial charge in [0.2, 0.25) is 0 Å². The zero-order valence-corrected chi connectivity index (χ0v) is 32.1. The molecule has 0 fully saturated rings. The van der Waals surface area contributed by atoms with Gasteiger partial charge in [0.15, 0.2) is 0 Å². The van der Waals surface area contributed by atoms with Crippen molar-refractivity contribution >= 4 is 50.4 Å². The van der Waals surface area contributed by atoms with E-state index in [-0.39, 0.29) is 22.9 Å². The zero-order valence-electron chi connectivity index (χ0n) is 30.5. The zero-order chi connectivity index (χ0) is 37.3. The second-order valence-electron chi connectivity index (χ2n) is 12.7. The van der Waals surface area contributed by atoms with Gasteiger partial charge in [-0.15, -0.1) is 0 Å². The molecule has 0 bridgehead atoms. The Morgan fingerprint density at radius 2 is 1.30 bits per heavy atom. The predicted molar refractivity (Wildman–Crippen MR) is 212 cm³/mol. The number of para-hydroxylation sites is 4. The van der Waals surface area contributed by atoms with Gasteiger partial charge in [-0.2, -0.15) is 8.42 Å². The first kappa shape index (κ1) is 44.5. The van der Waals surface area contributed by atoms with Crippen LogP contribution in [0.25, 0.3) is 0 Å². The van der Waals surface area contributed by atoms with Crippen molar-refractivity contribution in [2.75, 3.05) is 11.1 Å². The number of nitrogens with one attached hydrogen (secondary N) is 1. The lowest BCUT2D eigenvalue weighted by Gasteiger charge is -2.29. The second-order valence-corrected chi connectivity index (χ2v) is 14.2. The summed E-state index contributed by atoms with van der Waals surface area (Å²) in [7, 11) is -3.83. The Hall–Kier alpha value is -3.53. The first-order chi connectivity index (χ1) is 24.0. The molecule has 0 heterocycles. The monoisotopic (exact) mass is 724 g/mol. The third-order valence-electron chi connectivity index (χ3n) is 8.66. The molecule has 4 rings (SSSR count). The lowest BCUT2D eigenvalue weighted by molar-refractivity contribution is -0.479. The van der Waals surface area contributed by atoms with Gasteiger partial charge in [0.1, 0.15) is 17.2 Å². The molecule has 0 aliphatic rings. The molecule has 0 aliphatic carbocycles. The van der Waals surface area contributed by atoms with Crippen molar-refractivity contribution in [3.05, 3.63) is 121 Å². The molecule has 2 atom stereocenters. The maximum absolute atomic E-state index is 10.8. The van der Waals surface area contributed by atoms with E-state index in [4.69, 9.17) is 4.55 Å². The number of quaternary nitrogens is 1. The summed E-state index contributed by atoms with van der Waals surface area (Å²) in [5, 5.41) is 9.60. The van der Waals surface area contributed by atoms with Crippen LogP contribution in [0.15, 0.2) is 115 Å². The Morgan fingerprint density at radius 3 is 1.78 bits per heavy atom. The number of hydrogen-bond donors (Lipinski definition) is 4. The standard InChI is InChI=1S/C21H29N.C12H11N.C8H16O4S.ClH2N/c1-4-6-12-17-21(3,5-2)19-15-10-11-16-20(19)22-18-13-8-7-9-14-18;1-3-7-11(8-4-1)13-12-9-5-2-6-10-12;1-7(8(2)9)5-3-4-6-13(10,11)12;1-2/h7-11,13-16,22H,4-6,12,17H2,1-3H3;1-10,13H;7H,3-6H2,1-2H3,(H,10,11,12);2H2/p+1. The van der Waals surface area contributed by atoms with Crippen molar-refractivity contribution in [3.63, 3.8) is 0 Å². The molecule has 0 radical (unpaired) electrons. The van der Waals surface area contributed by atoms with Gasteiger partial charge >= 0.3 is 0 Å². The van der Waals surface area contributed by atoms with Gasteiger partial charge in [-0.1, -0.05) is 126 Å². The molecule has 0 aliphatic heterocycles. The molecule has 0 aromatic heterocycles. The number of benzene rings is 4. The van der Waals surface area contributed by atoms with Gasteiger partial charge < -0.3 is 5.32 Å². The fourth-order valence-corrected chi connectivity index (χ4v) is 5.89. The van der Waals surface area contributed by atoms with Crippen LogP contribution in [0.3, 0.4) is 0 Å². The Labute approximate surface area is 306 Å². The minimum absolute atomic E-state index is 0.0126. The number of rotatable bonds is 16. The summed E-state index contributed by atoms with van der Waals surface area (Å²) in [6.45, 7) is 10.4. The second kappa shape index (κ2) is 25.4. The Morgan fingerprint density at radius 1 is 0.800 bits per heavy atom. The number of carbonyl (C=O) groups is 1. The van der Waals surface area contributed by atoms with E-state index in [1.807, 2.05) is 67.6 Å². The molecule has 0 saturated carbocycles. The van der Waals surface area contributed by atoms with Crippen LogP contribution in [0.4, 0.5) is 22.7 Å². The van der Waals surface area contributed by atoms with E-state index in [0.717, 1.165) is 11.4 Å². The molecule has 0 saturated heterocycles. The summed E-state index contributed by atoms with van der Waals surface area (Å²) in [4.78, 5) is 10.8. The molecule has 6 N–H and O–H groups in total. The average Bonchev–Trinajstić information content (AvgIpc) is 3.12. The molecule has 7 nitrogen and oxygen atoms in total. The number of anilines is 2. The summed E-state index contributed by atoms with van der Waals surface area (Å²) in [6.07, 6.45) is 8.16. The first-order valence-electron chi connectivity index (χ1n) is 17.5. The van der Waals surface area contributed by atoms with Crippen molar-refractivity contribution in [3.8, 4) is 0 Å². The maximum Gasteiger partial charge on any atom is 0.264 e. The van der Waals surface area contributed by atoms with Crippen LogP contribution in [-0.4, -0.2) is 24.5 Å². The molecule has 50 heavy (non-hydrogen) atoms. The van der Waals surface area contributed by atoms with Crippen LogP contribution in [0, 0.1) is 5.92 Å². The van der Waals surface area contributed by atoms with E-state index >= 15 is 0 Å². The smallest absolute Gasteiger partial charge is 0.264 e. The Bertz CT molecular complexity index is 1520. The summed E-state index contributed by atoms with van der Waals surface area (Å²) < 4.78 is 29.0. The van der Waals surface area contributed by atoms with Crippen molar-refractivity contribution in [1.29, 1.82) is 0 Å². The summed E-state index contributed by atoms with van der Waals surface area (Å²) >= 11 is 4.14. The topological polar surface area (TPSA) is 126 Å². The summed E-state index contributed by atoms with van der Waals surface area (Å²) in [6, 6.07) is 39.9. The fraction of sp³-hybridized carbons (Fsp3) is 0.390. The molecule has 274 valence electrons. The van der Waals surface area contributed by atoms with Crippen molar-refractivity contribution in [1.82, 2.24) is 0 Å². The molecular formula is C41H59ClN3O4S+. The van der Waals surface area contributed by atoms with Gasteiger partial charge in [-0.05, 0) is 92.3 Å². The number of nitrogens with two attached hydrogens (primary N) is 2. The van der Waals surface area contributed by atoms with Crippen LogP contribution in [0.2, 0.25) is 0 Å². The Balaban J connectivity index is 0.000000386. The largest absolute Gasteiger partial charge is 0.356 e. The highest BCUT2D eigenvalue weighted by Crippen LogP contribution is 2.36. The van der Waals surface area contributed by atoms with E-state index < -0.39 is 10.1 Å². The highest BCUT2D eigenvalue weighted by molar-refractivity contribution is 7.85. The van der Waals surface area contributed by atoms with Gasteiger partial charge in [0, 0.05) is 22.9 Å². The molecular weight excluding hydrogens is 666 g/mol. The first-order valence-corrected chi connectivity index (χ1v) is 19.6. The predicted octanol–water partition coefficient (Wildman–Crippen LogP) is 10.3. The number of carbonyl (C=O) groups excluding carboxylic acids is 1. The van der Waals surface area contributed by atoms with E-state index in [0.29, 0.717) is 19.3 Å². The van der Waals surface area contributed by atoms with E-state index in [9.17, 15) is 13.2 Å². The van der Waals surface area contributed by atoms with Crippen LogP contribution in [-0.2, 0) is 20.3 Å². The Kier molecular flexibility index (Phi) is 22.6. The summed E-state index contributed by atoms with van der Waals surface area (Å²) in [5.41, 5.74) is 6.66. The summed E-state index contributed by atoms with van der Waals surface area (Å²) in [5.74, 6) is -0.106. The maximum atomic E-state index is 10.8. The number of halogens is 1. The third kappa shape index (κ3) is 19.0. The van der Waals surface area contributed by atoms with Crippen LogP contribution >= 0.6 is 11.8 Å². The van der Waals surface area contributed by atoms with E-state index in [1.165, 1.54) is 56.0 Å². The SMILES string of the molecule is CC(=O)C(C)CCCCS(=O)(=O)O.CCCCCC(C)(CC)c1ccccc1[NH2+]c1ccccc1.NCl.c1ccc(Nc2ccccc2)cc1. The van der Waals surface area contributed by atoms with Crippen molar-refractivity contribution in [2.24, 2.45) is 11.2 Å². The minimum atomic E-state index is -3.83. The lowest BCUT2D eigenvalue weighted by Crippen LogP contribution is -2.71. The van der Waals surface area contributed by atoms with Crippen LogP contribution in [0.5, 0.6) is 0 Å². The highest BCUT2D eigenvalue weighted by atomic mass is 35.5. The lowest BCUT2D eigenvalue weighted by atomic mass is 9.75. The molecule has 4 aromatic carbocycles. The normalized spacial score (nSPS) is 12.3. The number of unbranched alkanes of at least 4 members (excludes halogenated alkanes) is 3. The van der Waals surface area contributed by atoms with Gasteiger partial charge in [0.25, 0.3) is 10.1 Å². The van der Waals surface area contributed by atoms with Crippen molar-refractivity contribution in [2.45, 2.75) is 91.4 Å². The minimum Gasteiger partial charge on any atom is -0.356 e. The van der Waals surface area contributed by atoms with Gasteiger partial charge in [-0.3, -0.25) is 14.7 Å². The molecule has 4 aromatic rings. The molecule has 2 unspecified atom stereocenters. The average molecular weight is 725 g/mol. The molecule has 9 heteroatoms. The van der Waals surface area contributed by atoms with Crippen LogP contribution < -0.4 is 15.9 Å². The van der Waals surface area contributed by atoms with Crippen molar-refractivity contribution < 1.29 is 23.1 Å². The number of hydrogen-bond acceptors (Lipinski definition) is 5. The molecule has 0 spiro atoms. The number of Topliss-reactive ketones (excluding diaryl/α,β-unsaturated/α-hetero) is 1. The highest BCUT2D eigenvalue weighted by Gasteiger charge is 2.28. The van der Waals surface area contributed by atoms with Gasteiger partial charge in [0.05, 0.1) is 5.75 Å². The third-order valence-corrected chi connectivity index (χ3v) is 9.47.